The van der Waals surface area contributed by atoms with Crippen molar-refractivity contribution in [2.45, 2.75) is 32.6 Å². The van der Waals surface area contributed by atoms with Crippen LogP contribution in [0.1, 0.15) is 38.2 Å². The summed E-state index contributed by atoms with van der Waals surface area (Å²) in [5.74, 6) is 0.949. The molecule has 1 heterocycles. The molecule has 1 saturated heterocycles. The van der Waals surface area contributed by atoms with Crippen molar-refractivity contribution in [2.75, 3.05) is 31.6 Å². The van der Waals surface area contributed by atoms with Crippen molar-refractivity contribution in [2.24, 2.45) is 5.92 Å². The first-order valence-electron chi connectivity index (χ1n) is 7.81. The third-order valence-electron chi connectivity index (χ3n) is 4.19. The number of piperidine rings is 1. The number of aliphatic hydroxyl groups is 1. The molecule has 2 rings (SSSR count). The molecule has 21 heavy (non-hydrogen) atoms. The number of hydrogen-bond acceptors (Lipinski definition) is 3. The second kappa shape index (κ2) is 7.57. The van der Waals surface area contributed by atoms with Gasteiger partial charge in [0.05, 0.1) is 6.54 Å². The number of hydrogen-bond donors (Lipinski definition) is 2. The van der Waals surface area contributed by atoms with E-state index >= 15 is 0 Å². The standard InChI is InChI=1S/C17H26N2O2/c1-13(2)15-3-5-16(6-4-15)18-17(21)11-19-9-7-14(12-20)8-10-19/h3-6,13-14,20H,7-12H2,1-2H3,(H,18,21). The summed E-state index contributed by atoms with van der Waals surface area (Å²) in [4.78, 5) is 14.2. The Kier molecular flexibility index (Phi) is 5.76. The summed E-state index contributed by atoms with van der Waals surface area (Å²) in [5.41, 5.74) is 2.13. The van der Waals surface area contributed by atoms with Gasteiger partial charge < -0.3 is 10.4 Å². The fourth-order valence-corrected chi connectivity index (χ4v) is 2.68. The molecular formula is C17H26N2O2. The fraction of sp³-hybridized carbons (Fsp3) is 0.588. The van der Waals surface area contributed by atoms with Gasteiger partial charge in [-0.3, -0.25) is 9.69 Å². The van der Waals surface area contributed by atoms with Crippen LogP contribution in [0.5, 0.6) is 0 Å². The van der Waals surface area contributed by atoms with Gasteiger partial charge in [0.25, 0.3) is 0 Å². The molecule has 4 heteroatoms. The highest BCUT2D eigenvalue weighted by atomic mass is 16.3. The molecule has 1 amide bonds. The van der Waals surface area contributed by atoms with E-state index in [2.05, 4.69) is 36.2 Å². The smallest absolute Gasteiger partial charge is 0.238 e. The highest BCUT2D eigenvalue weighted by molar-refractivity contribution is 5.92. The van der Waals surface area contributed by atoms with Gasteiger partial charge in [0.15, 0.2) is 0 Å². The first kappa shape index (κ1) is 16.0. The summed E-state index contributed by atoms with van der Waals surface area (Å²) >= 11 is 0. The third-order valence-corrected chi connectivity index (χ3v) is 4.19. The Bertz CT molecular complexity index is 448. The molecule has 2 N–H and O–H groups in total. The minimum absolute atomic E-state index is 0.0368. The zero-order valence-corrected chi connectivity index (χ0v) is 13.0. The quantitative estimate of drug-likeness (QED) is 0.876. The van der Waals surface area contributed by atoms with Crippen LogP contribution in [0, 0.1) is 5.92 Å². The number of likely N-dealkylation sites (tertiary alicyclic amines) is 1. The normalized spacial score (nSPS) is 17.1. The maximum Gasteiger partial charge on any atom is 0.238 e. The molecule has 1 aliphatic rings. The zero-order valence-electron chi connectivity index (χ0n) is 13.0. The van der Waals surface area contributed by atoms with Crippen LogP contribution in [-0.2, 0) is 4.79 Å². The predicted molar refractivity (Wildman–Crippen MR) is 85.4 cm³/mol. The molecule has 0 radical (unpaired) electrons. The Morgan fingerprint density at radius 2 is 1.90 bits per heavy atom. The molecule has 0 unspecified atom stereocenters. The molecule has 1 aromatic rings. The maximum atomic E-state index is 12.0. The molecular weight excluding hydrogens is 264 g/mol. The van der Waals surface area contributed by atoms with E-state index in [0.717, 1.165) is 31.6 Å². The van der Waals surface area contributed by atoms with Crippen molar-refractivity contribution in [3.63, 3.8) is 0 Å². The van der Waals surface area contributed by atoms with Crippen LogP contribution in [-0.4, -0.2) is 42.2 Å². The topological polar surface area (TPSA) is 52.6 Å². The molecule has 0 saturated carbocycles. The Morgan fingerprint density at radius 3 is 2.43 bits per heavy atom. The average Bonchev–Trinajstić information content (AvgIpc) is 2.48. The second-order valence-electron chi connectivity index (χ2n) is 6.23. The number of nitrogens with one attached hydrogen (secondary N) is 1. The van der Waals surface area contributed by atoms with E-state index in [1.54, 1.807) is 0 Å². The number of carbonyl (C=O) groups is 1. The molecule has 0 aliphatic carbocycles. The summed E-state index contributed by atoms with van der Waals surface area (Å²) in [5, 5.41) is 12.1. The molecule has 116 valence electrons. The van der Waals surface area contributed by atoms with Crippen LogP contribution in [0.2, 0.25) is 0 Å². The van der Waals surface area contributed by atoms with Crippen LogP contribution in [0.15, 0.2) is 24.3 Å². The summed E-state index contributed by atoms with van der Waals surface area (Å²) in [6.07, 6.45) is 1.96. The monoisotopic (exact) mass is 290 g/mol. The number of benzene rings is 1. The number of nitrogens with zero attached hydrogens (tertiary/aromatic N) is 1. The van der Waals surface area contributed by atoms with E-state index in [1.165, 1.54) is 5.56 Å². The summed E-state index contributed by atoms with van der Waals surface area (Å²) in [6.45, 7) is 6.80. The van der Waals surface area contributed by atoms with Gasteiger partial charge in [-0.15, -0.1) is 0 Å². The number of anilines is 1. The molecule has 0 spiro atoms. The minimum atomic E-state index is 0.0368. The van der Waals surface area contributed by atoms with Crippen molar-refractivity contribution in [1.82, 2.24) is 4.90 Å². The SMILES string of the molecule is CC(C)c1ccc(NC(=O)CN2CCC(CO)CC2)cc1. The van der Waals surface area contributed by atoms with Crippen LogP contribution < -0.4 is 5.32 Å². The van der Waals surface area contributed by atoms with E-state index in [1.807, 2.05) is 12.1 Å². The van der Waals surface area contributed by atoms with Crippen LogP contribution in [0.25, 0.3) is 0 Å². The van der Waals surface area contributed by atoms with E-state index in [-0.39, 0.29) is 12.5 Å². The van der Waals surface area contributed by atoms with Crippen LogP contribution in [0.4, 0.5) is 5.69 Å². The van der Waals surface area contributed by atoms with Gasteiger partial charge >= 0.3 is 0 Å². The largest absolute Gasteiger partial charge is 0.396 e. The first-order chi connectivity index (χ1) is 10.1. The highest BCUT2D eigenvalue weighted by Gasteiger charge is 2.20. The Hall–Kier alpha value is -1.39. The lowest BCUT2D eigenvalue weighted by Gasteiger charge is -2.30. The summed E-state index contributed by atoms with van der Waals surface area (Å²) in [7, 11) is 0. The maximum absolute atomic E-state index is 12.0. The zero-order chi connectivity index (χ0) is 15.2. The summed E-state index contributed by atoms with van der Waals surface area (Å²) in [6, 6.07) is 8.05. The average molecular weight is 290 g/mol. The molecule has 1 aliphatic heterocycles. The van der Waals surface area contributed by atoms with E-state index in [4.69, 9.17) is 5.11 Å². The second-order valence-corrected chi connectivity index (χ2v) is 6.23. The molecule has 0 atom stereocenters. The molecule has 0 aromatic heterocycles. The van der Waals surface area contributed by atoms with E-state index < -0.39 is 0 Å². The van der Waals surface area contributed by atoms with E-state index in [0.29, 0.717) is 18.4 Å². The van der Waals surface area contributed by atoms with E-state index in [9.17, 15) is 4.79 Å². The Morgan fingerprint density at radius 1 is 1.29 bits per heavy atom. The third kappa shape index (κ3) is 4.83. The Balaban J connectivity index is 1.79. The van der Waals surface area contributed by atoms with Crippen molar-refractivity contribution in [1.29, 1.82) is 0 Å². The number of rotatable bonds is 5. The van der Waals surface area contributed by atoms with Gasteiger partial charge in [0.2, 0.25) is 5.91 Å². The van der Waals surface area contributed by atoms with Gasteiger partial charge in [-0.25, -0.2) is 0 Å². The lowest BCUT2D eigenvalue weighted by atomic mass is 9.98. The highest BCUT2D eigenvalue weighted by Crippen LogP contribution is 2.18. The lowest BCUT2D eigenvalue weighted by Crippen LogP contribution is -2.39. The lowest BCUT2D eigenvalue weighted by molar-refractivity contribution is -0.117. The molecule has 1 fully saturated rings. The van der Waals surface area contributed by atoms with Crippen molar-refractivity contribution in [3.05, 3.63) is 29.8 Å². The number of amides is 1. The van der Waals surface area contributed by atoms with Crippen LogP contribution in [0.3, 0.4) is 0 Å². The first-order valence-corrected chi connectivity index (χ1v) is 7.81. The minimum Gasteiger partial charge on any atom is -0.396 e. The fourth-order valence-electron chi connectivity index (χ4n) is 2.68. The number of aliphatic hydroxyl groups excluding tert-OH is 1. The van der Waals surface area contributed by atoms with Crippen LogP contribution >= 0.6 is 0 Å². The van der Waals surface area contributed by atoms with Crippen molar-refractivity contribution in [3.8, 4) is 0 Å². The van der Waals surface area contributed by atoms with Gasteiger partial charge in [0.1, 0.15) is 0 Å². The molecule has 1 aromatic carbocycles. The van der Waals surface area contributed by atoms with Gasteiger partial charge in [0, 0.05) is 12.3 Å². The Labute approximate surface area is 127 Å². The predicted octanol–water partition coefficient (Wildman–Crippen LogP) is 2.45. The van der Waals surface area contributed by atoms with Crippen molar-refractivity contribution < 1.29 is 9.90 Å². The van der Waals surface area contributed by atoms with Crippen molar-refractivity contribution >= 4 is 11.6 Å². The van der Waals surface area contributed by atoms with Gasteiger partial charge in [-0.2, -0.15) is 0 Å². The van der Waals surface area contributed by atoms with Gasteiger partial charge in [-0.1, -0.05) is 26.0 Å². The number of carbonyl (C=O) groups excluding carboxylic acids is 1. The van der Waals surface area contributed by atoms with Gasteiger partial charge in [-0.05, 0) is 55.5 Å². The molecule has 0 bridgehead atoms. The summed E-state index contributed by atoms with van der Waals surface area (Å²) < 4.78 is 0. The molecule has 4 nitrogen and oxygen atoms in total.